The Hall–Kier alpha value is -1.36. The average Bonchev–Trinajstić information content (AvgIpc) is 2.46. The Kier molecular flexibility index (Phi) is 4.36. The van der Waals surface area contributed by atoms with Crippen LogP contribution in [-0.2, 0) is 0 Å². The van der Waals surface area contributed by atoms with Crippen molar-refractivity contribution >= 4 is 11.8 Å². The van der Waals surface area contributed by atoms with E-state index < -0.39 is 0 Å². The van der Waals surface area contributed by atoms with Gasteiger partial charge in [-0.2, -0.15) is 4.98 Å². The van der Waals surface area contributed by atoms with Crippen molar-refractivity contribution in [3.05, 3.63) is 12.3 Å². The fourth-order valence-electron chi connectivity index (χ4n) is 2.74. The maximum absolute atomic E-state index is 5.34. The second-order valence-electron chi connectivity index (χ2n) is 5.08. The van der Waals surface area contributed by atoms with Crippen LogP contribution in [-0.4, -0.2) is 23.1 Å². The third-order valence-electron chi connectivity index (χ3n) is 4.07. The summed E-state index contributed by atoms with van der Waals surface area (Å²) in [6, 6.07) is 2.53. The highest BCUT2D eigenvalue weighted by Gasteiger charge is 2.23. The number of hydrazine groups is 1. The molecule has 1 aromatic rings. The molecule has 0 bridgehead atoms. The van der Waals surface area contributed by atoms with Crippen LogP contribution in [0.4, 0.5) is 11.8 Å². The number of hydrogen-bond acceptors (Lipinski definition) is 5. The molecular weight excluding hydrogens is 226 g/mol. The van der Waals surface area contributed by atoms with Gasteiger partial charge in [0, 0.05) is 19.3 Å². The average molecular weight is 249 g/mol. The van der Waals surface area contributed by atoms with Crippen LogP contribution in [0.25, 0.3) is 0 Å². The third kappa shape index (κ3) is 2.90. The molecule has 0 amide bonds. The zero-order valence-electron chi connectivity index (χ0n) is 11.3. The summed E-state index contributed by atoms with van der Waals surface area (Å²) in [5, 5.41) is 0. The molecule has 100 valence electrons. The molecule has 0 aromatic carbocycles. The largest absolute Gasteiger partial charge is 0.357 e. The third-order valence-corrected chi connectivity index (χ3v) is 4.07. The van der Waals surface area contributed by atoms with Gasteiger partial charge >= 0.3 is 0 Å². The molecule has 1 aliphatic carbocycles. The molecule has 18 heavy (non-hydrogen) atoms. The van der Waals surface area contributed by atoms with Crippen LogP contribution in [0.1, 0.15) is 39.0 Å². The van der Waals surface area contributed by atoms with E-state index >= 15 is 0 Å². The summed E-state index contributed by atoms with van der Waals surface area (Å²) in [5.74, 6) is 7.67. The van der Waals surface area contributed by atoms with Gasteiger partial charge in [-0.3, -0.25) is 5.43 Å². The zero-order valence-corrected chi connectivity index (χ0v) is 11.3. The molecule has 5 heteroatoms. The maximum atomic E-state index is 5.34. The molecular formula is C13H23N5. The molecule has 1 saturated carbocycles. The van der Waals surface area contributed by atoms with E-state index in [1.54, 1.807) is 6.20 Å². The van der Waals surface area contributed by atoms with Gasteiger partial charge in [-0.05, 0) is 37.7 Å². The minimum atomic E-state index is 0.474. The zero-order chi connectivity index (χ0) is 13.0. The number of anilines is 2. The molecule has 0 atom stereocenters. The van der Waals surface area contributed by atoms with Crippen LogP contribution >= 0.6 is 0 Å². The Bertz CT molecular complexity index is 373. The van der Waals surface area contributed by atoms with E-state index in [1.807, 2.05) is 6.07 Å². The van der Waals surface area contributed by atoms with Gasteiger partial charge in [-0.15, -0.1) is 0 Å². The van der Waals surface area contributed by atoms with E-state index in [4.69, 9.17) is 5.84 Å². The van der Waals surface area contributed by atoms with Crippen LogP contribution in [0.5, 0.6) is 0 Å². The maximum Gasteiger partial charge on any atom is 0.239 e. The second-order valence-corrected chi connectivity index (χ2v) is 5.08. The standard InChI is InChI=1S/C13H23N5/c1-3-10-4-6-11(7-5-10)18(2)12-8-9-15-13(16-12)17-14/h8-11H,3-7,14H2,1-2H3,(H,15,16,17). The smallest absolute Gasteiger partial charge is 0.239 e. The van der Waals surface area contributed by atoms with E-state index in [0.717, 1.165) is 11.7 Å². The number of nitrogens with zero attached hydrogens (tertiary/aromatic N) is 3. The van der Waals surface area contributed by atoms with Gasteiger partial charge < -0.3 is 4.90 Å². The Morgan fingerprint density at radius 2 is 2.11 bits per heavy atom. The first kappa shape index (κ1) is 13.1. The monoisotopic (exact) mass is 249 g/mol. The van der Waals surface area contributed by atoms with E-state index in [2.05, 4.69) is 34.3 Å². The van der Waals surface area contributed by atoms with Crippen LogP contribution in [0, 0.1) is 5.92 Å². The van der Waals surface area contributed by atoms with Gasteiger partial charge in [-0.25, -0.2) is 10.8 Å². The van der Waals surface area contributed by atoms with Gasteiger partial charge in [0.25, 0.3) is 0 Å². The van der Waals surface area contributed by atoms with Crippen molar-refractivity contribution < 1.29 is 0 Å². The van der Waals surface area contributed by atoms with Crippen molar-refractivity contribution in [3.8, 4) is 0 Å². The predicted molar refractivity (Wildman–Crippen MR) is 74.3 cm³/mol. The van der Waals surface area contributed by atoms with Crippen molar-refractivity contribution in [2.75, 3.05) is 17.4 Å². The van der Waals surface area contributed by atoms with Crippen molar-refractivity contribution in [1.29, 1.82) is 0 Å². The number of nitrogens with one attached hydrogen (secondary N) is 1. The van der Waals surface area contributed by atoms with E-state index in [-0.39, 0.29) is 0 Å². The highest BCUT2D eigenvalue weighted by atomic mass is 15.3. The lowest BCUT2D eigenvalue weighted by molar-refractivity contribution is 0.313. The van der Waals surface area contributed by atoms with E-state index in [0.29, 0.717) is 12.0 Å². The minimum Gasteiger partial charge on any atom is -0.357 e. The molecule has 0 aliphatic heterocycles. The van der Waals surface area contributed by atoms with Gasteiger partial charge in [0.2, 0.25) is 5.95 Å². The molecule has 3 N–H and O–H groups in total. The summed E-state index contributed by atoms with van der Waals surface area (Å²) in [4.78, 5) is 10.7. The molecule has 0 spiro atoms. The summed E-state index contributed by atoms with van der Waals surface area (Å²) in [6.07, 6.45) is 8.23. The quantitative estimate of drug-likeness (QED) is 0.632. The number of hydrogen-bond donors (Lipinski definition) is 2. The molecule has 1 aromatic heterocycles. The summed E-state index contributed by atoms with van der Waals surface area (Å²) < 4.78 is 0. The normalized spacial score (nSPS) is 23.7. The van der Waals surface area contributed by atoms with Crippen molar-refractivity contribution in [3.63, 3.8) is 0 Å². The van der Waals surface area contributed by atoms with E-state index in [9.17, 15) is 0 Å². The number of nitrogens with two attached hydrogens (primary N) is 1. The molecule has 0 saturated heterocycles. The van der Waals surface area contributed by atoms with Crippen molar-refractivity contribution in [1.82, 2.24) is 9.97 Å². The van der Waals surface area contributed by atoms with Crippen molar-refractivity contribution in [2.45, 2.75) is 45.1 Å². The van der Waals surface area contributed by atoms with Crippen molar-refractivity contribution in [2.24, 2.45) is 11.8 Å². The fourth-order valence-corrected chi connectivity index (χ4v) is 2.74. The molecule has 0 unspecified atom stereocenters. The lowest BCUT2D eigenvalue weighted by Crippen LogP contribution is -2.35. The predicted octanol–water partition coefficient (Wildman–Crippen LogP) is 2.17. The Morgan fingerprint density at radius 3 is 2.72 bits per heavy atom. The summed E-state index contributed by atoms with van der Waals surface area (Å²) in [5.41, 5.74) is 2.49. The SMILES string of the molecule is CCC1CCC(N(C)c2ccnc(NN)n2)CC1. The first-order valence-corrected chi connectivity index (χ1v) is 6.77. The molecule has 1 aliphatic rings. The van der Waals surface area contributed by atoms with E-state index in [1.165, 1.54) is 32.1 Å². The van der Waals surface area contributed by atoms with Crippen LogP contribution in [0.2, 0.25) is 0 Å². The molecule has 5 nitrogen and oxygen atoms in total. The Labute approximate surface area is 109 Å². The summed E-state index contributed by atoms with van der Waals surface area (Å²) in [7, 11) is 2.11. The highest BCUT2D eigenvalue weighted by Crippen LogP contribution is 2.30. The van der Waals surface area contributed by atoms with Gasteiger partial charge in [0.05, 0.1) is 0 Å². The Balaban J connectivity index is 2.00. The first-order valence-electron chi connectivity index (χ1n) is 6.77. The Morgan fingerprint density at radius 1 is 1.39 bits per heavy atom. The van der Waals surface area contributed by atoms with Crippen LogP contribution in [0.3, 0.4) is 0 Å². The van der Waals surface area contributed by atoms with Crippen LogP contribution in [0.15, 0.2) is 12.3 Å². The lowest BCUT2D eigenvalue weighted by atomic mass is 9.84. The number of rotatable bonds is 4. The summed E-state index contributed by atoms with van der Waals surface area (Å²) >= 11 is 0. The van der Waals surface area contributed by atoms with Gasteiger partial charge in [0.1, 0.15) is 5.82 Å². The topological polar surface area (TPSA) is 67.1 Å². The number of nitrogen functional groups attached to an aromatic ring is 1. The first-order chi connectivity index (χ1) is 8.74. The molecule has 2 rings (SSSR count). The highest BCUT2D eigenvalue weighted by molar-refractivity contribution is 5.42. The molecule has 1 heterocycles. The minimum absolute atomic E-state index is 0.474. The molecule has 0 radical (unpaired) electrons. The summed E-state index contributed by atoms with van der Waals surface area (Å²) in [6.45, 7) is 2.29. The van der Waals surface area contributed by atoms with Gasteiger partial charge in [-0.1, -0.05) is 13.3 Å². The van der Waals surface area contributed by atoms with Crippen LogP contribution < -0.4 is 16.2 Å². The fraction of sp³-hybridized carbons (Fsp3) is 0.692. The number of aromatic nitrogens is 2. The van der Waals surface area contributed by atoms with Gasteiger partial charge in [0.15, 0.2) is 0 Å². The molecule has 1 fully saturated rings. The lowest BCUT2D eigenvalue weighted by Gasteiger charge is -2.35. The second kappa shape index (κ2) is 6.00.